The van der Waals surface area contributed by atoms with Crippen LogP contribution >= 0.6 is 22.9 Å². The lowest BCUT2D eigenvalue weighted by molar-refractivity contribution is 0.102. The van der Waals surface area contributed by atoms with Crippen LogP contribution in [0.5, 0.6) is 11.5 Å². The molecule has 166 valence electrons. The Morgan fingerprint density at radius 1 is 1.19 bits per heavy atom. The Hall–Kier alpha value is -3.23. The number of anilines is 1. The van der Waals surface area contributed by atoms with Crippen molar-refractivity contribution in [2.45, 2.75) is 13.8 Å². The molecule has 0 unspecified atom stereocenters. The molecule has 0 fully saturated rings. The summed E-state index contributed by atoms with van der Waals surface area (Å²) in [5, 5.41) is 3.51. The van der Waals surface area contributed by atoms with E-state index in [1.165, 1.54) is 18.4 Å². The molecule has 9 heteroatoms. The number of benzene rings is 1. The highest BCUT2D eigenvalue weighted by atomic mass is 35.5. The quantitative estimate of drug-likeness (QED) is 0.310. The predicted molar refractivity (Wildman–Crippen MR) is 124 cm³/mol. The first-order chi connectivity index (χ1) is 15.5. The third-order valence-corrected chi connectivity index (χ3v) is 5.67. The number of amides is 1. The lowest BCUT2D eigenvalue weighted by Gasteiger charge is -2.15. The average Bonchev–Trinajstić information content (AvgIpc) is 3.53. The molecule has 0 aliphatic carbocycles. The molecule has 0 spiro atoms. The zero-order chi connectivity index (χ0) is 22.7. The highest BCUT2D eigenvalue weighted by Crippen LogP contribution is 2.40. The summed E-state index contributed by atoms with van der Waals surface area (Å²) < 4.78 is 22.2. The van der Waals surface area contributed by atoms with Crippen LogP contribution in [0, 0.1) is 5.92 Å². The second-order valence-corrected chi connectivity index (χ2v) is 8.71. The van der Waals surface area contributed by atoms with Crippen molar-refractivity contribution in [1.82, 2.24) is 4.98 Å². The van der Waals surface area contributed by atoms with Crippen molar-refractivity contribution in [1.29, 1.82) is 0 Å². The van der Waals surface area contributed by atoms with E-state index in [1.54, 1.807) is 42.9 Å². The lowest BCUT2D eigenvalue weighted by Crippen LogP contribution is -2.13. The molecule has 1 N–H and O–H groups in total. The van der Waals surface area contributed by atoms with E-state index in [4.69, 9.17) is 29.9 Å². The molecule has 4 rings (SSSR count). The van der Waals surface area contributed by atoms with Crippen molar-refractivity contribution in [3.05, 3.63) is 59.5 Å². The van der Waals surface area contributed by atoms with Crippen molar-refractivity contribution in [2.75, 3.05) is 19.0 Å². The number of furan rings is 2. The van der Waals surface area contributed by atoms with Crippen molar-refractivity contribution >= 4 is 34.0 Å². The summed E-state index contributed by atoms with van der Waals surface area (Å²) in [5.74, 6) is 1.93. The number of hydrogen-bond donors (Lipinski definition) is 1. The Labute approximate surface area is 193 Å². The number of halogens is 1. The number of ether oxygens (including phenoxy) is 2. The number of methoxy groups -OCH3 is 1. The maximum Gasteiger partial charge on any atom is 0.257 e. The largest absolute Gasteiger partial charge is 0.493 e. The molecular formula is C23H21ClN2O5S. The van der Waals surface area contributed by atoms with Gasteiger partial charge < -0.3 is 18.3 Å². The van der Waals surface area contributed by atoms with Crippen LogP contribution in [-0.4, -0.2) is 24.6 Å². The van der Waals surface area contributed by atoms with E-state index in [-0.39, 0.29) is 5.91 Å². The molecule has 0 bridgehead atoms. The number of rotatable bonds is 8. The van der Waals surface area contributed by atoms with Gasteiger partial charge in [0.25, 0.3) is 5.91 Å². The van der Waals surface area contributed by atoms with Gasteiger partial charge in [-0.25, -0.2) is 4.98 Å². The van der Waals surface area contributed by atoms with Gasteiger partial charge >= 0.3 is 0 Å². The highest BCUT2D eigenvalue weighted by Gasteiger charge is 2.22. The molecule has 0 saturated heterocycles. The molecule has 4 aromatic rings. The Morgan fingerprint density at radius 3 is 2.53 bits per heavy atom. The smallest absolute Gasteiger partial charge is 0.257 e. The molecule has 0 aliphatic rings. The molecule has 3 heterocycles. The fourth-order valence-corrected chi connectivity index (χ4v) is 4.14. The third kappa shape index (κ3) is 4.66. The van der Waals surface area contributed by atoms with Gasteiger partial charge in [0.2, 0.25) is 0 Å². The van der Waals surface area contributed by atoms with Gasteiger partial charge in [-0.05, 0) is 42.3 Å². The summed E-state index contributed by atoms with van der Waals surface area (Å²) in [6.07, 6.45) is 3.15. The first-order valence-corrected chi connectivity index (χ1v) is 11.1. The van der Waals surface area contributed by atoms with Gasteiger partial charge in [-0.1, -0.05) is 36.8 Å². The Kier molecular flexibility index (Phi) is 6.53. The molecule has 32 heavy (non-hydrogen) atoms. The summed E-state index contributed by atoms with van der Waals surface area (Å²) >= 11 is 7.67. The number of thiazole rings is 1. The number of nitrogens with zero attached hydrogens (tertiary/aromatic N) is 1. The van der Waals surface area contributed by atoms with Crippen LogP contribution in [-0.2, 0) is 0 Å². The first kappa shape index (κ1) is 22.0. The van der Waals surface area contributed by atoms with Crippen LogP contribution in [0.1, 0.15) is 24.2 Å². The molecule has 7 nitrogen and oxygen atoms in total. The second kappa shape index (κ2) is 9.50. The zero-order valence-corrected chi connectivity index (χ0v) is 19.3. The normalized spacial score (nSPS) is 11.0. The first-order valence-electron chi connectivity index (χ1n) is 9.86. The number of carbonyl (C=O) groups excluding carboxylic acids is 1. The van der Waals surface area contributed by atoms with Crippen molar-refractivity contribution in [3.63, 3.8) is 0 Å². The van der Waals surface area contributed by atoms with Gasteiger partial charge in [0, 0.05) is 5.56 Å². The number of aromatic nitrogens is 1. The highest BCUT2D eigenvalue weighted by molar-refractivity contribution is 7.19. The molecule has 0 radical (unpaired) electrons. The molecule has 0 atom stereocenters. The molecular weight excluding hydrogens is 452 g/mol. The fourth-order valence-electron chi connectivity index (χ4n) is 2.94. The van der Waals surface area contributed by atoms with E-state index in [1.807, 2.05) is 19.9 Å². The Bertz CT molecular complexity index is 1150. The van der Waals surface area contributed by atoms with Crippen LogP contribution in [0.2, 0.25) is 5.02 Å². The monoisotopic (exact) mass is 472 g/mol. The lowest BCUT2D eigenvalue weighted by atomic mass is 10.2. The Balaban J connectivity index is 1.62. The summed E-state index contributed by atoms with van der Waals surface area (Å²) in [7, 11) is 1.50. The predicted octanol–water partition coefficient (Wildman–Crippen LogP) is 6.61. The summed E-state index contributed by atoms with van der Waals surface area (Å²) in [5.41, 5.74) is 0.899. The van der Waals surface area contributed by atoms with E-state index >= 15 is 0 Å². The van der Waals surface area contributed by atoms with E-state index in [0.717, 1.165) is 4.88 Å². The molecule has 1 aromatic carbocycles. The van der Waals surface area contributed by atoms with Crippen molar-refractivity contribution in [2.24, 2.45) is 5.92 Å². The number of nitrogens with one attached hydrogen (secondary N) is 1. The van der Waals surface area contributed by atoms with E-state index in [0.29, 0.717) is 57.0 Å². The van der Waals surface area contributed by atoms with E-state index < -0.39 is 0 Å². The van der Waals surface area contributed by atoms with Gasteiger partial charge in [0.05, 0.1) is 31.3 Å². The van der Waals surface area contributed by atoms with Crippen molar-refractivity contribution < 1.29 is 23.1 Å². The van der Waals surface area contributed by atoms with Crippen LogP contribution in [0.15, 0.2) is 57.8 Å². The standard InChI is InChI=1S/C23H21ClN2O5S/c1-13(2)12-31-20-15(24)10-14(11-18(20)28-3)22(27)26-23-25-19(16-6-4-8-29-16)21(32-23)17-7-5-9-30-17/h4-11,13H,12H2,1-3H3,(H,25,26,27). The second-order valence-electron chi connectivity index (χ2n) is 7.30. The minimum atomic E-state index is -0.383. The van der Waals surface area contributed by atoms with Crippen LogP contribution < -0.4 is 14.8 Å². The summed E-state index contributed by atoms with van der Waals surface area (Å²) in [4.78, 5) is 18.3. The average molecular weight is 473 g/mol. The van der Waals surface area contributed by atoms with Gasteiger partial charge in [-0.2, -0.15) is 0 Å². The Morgan fingerprint density at radius 2 is 1.91 bits per heavy atom. The van der Waals surface area contributed by atoms with Crippen LogP contribution in [0.3, 0.4) is 0 Å². The summed E-state index contributed by atoms with van der Waals surface area (Å²) in [6.45, 7) is 4.54. The molecule has 1 amide bonds. The minimum absolute atomic E-state index is 0.293. The van der Waals surface area contributed by atoms with E-state index in [9.17, 15) is 4.79 Å². The van der Waals surface area contributed by atoms with Gasteiger partial charge in [-0.15, -0.1) is 0 Å². The maximum atomic E-state index is 13.0. The summed E-state index contributed by atoms with van der Waals surface area (Å²) in [6, 6.07) is 10.3. The molecule has 3 aromatic heterocycles. The molecule has 0 saturated carbocycles. The van der Waals surface area contributed by atoms with Crippen LogP contribution in [0.25, 0.3) is 22.1 Å². The minimum Gasteiger partial charge on any atom is -0.493 e. The number of hydrogen-bond acceptors (Lipinski definition) is 7. The van der Waals surface area contributed by atoms with Gasteiger partial charge in [0.1, 0.15) is 16.3 Å². The topological polar surface area (TPSA) is 86.7 Å². The van der Waals surface area contributed by atoms with Gasteiger partial charge in [0.15, 0.2) is 22.4 Å². The molecule has 0 aliphatic heterocycles. The third-order valence-electron chi connectivity index (χ3n) is 4.40. The SMILES string of the molecule is COc1cc(C(=O)Nc2nc(-c3ccco3)c(-c3ccco3)s2)cc(Cl)c1OCC(C)C. The van der Waals surface area contributed by atoms with E-state index in [2.05, 4.69) is 10.3 Å². The number of carbonyl (C=O) groups is 1. The zero-order valence-electron chi connectivity index (χ0n) is 17.7. The maximum absolute atomic E-state index is 13.0. The fraction of sp³-hybridized carbons (Fsp3) is 0.217. The van der Waals surface area contributed by atoms with Gasteiger partial charge in [-0.3, -0.25) is 10.1 Å². The van der Waals surface area contributed by atoms with Crippen molar-refractivity contribution in [3.8, 4) is 33.6 Å². The van der Waals surface area contributed by atoms with Crippen LogP contribution in [0.4, 0.5) is 5.13 Å².